The number of carboxylic acid groups (broad SMARTS) is 1. The van der Waals surface area contributed by atoms with Crippen LogP contribution >= 0.6 is 0 Å². The number of H-pyrrole nitrogens is 2. The Hall–Kier alpha value is -3.23. The number of hydrogen-bond donors (Lipinski definition) is 4. The number of carbonyl (C=O) groups excluding carboxylic acids is 1. The fraction of sp³-hybridized carbons (Fsp3) is 0. The second kappa shape index (κ2) is 5.41. The summed E-state index contributed by atoms with van der Waals surface area (Å²) in [5, 5.41) is 11.1. The number of rotatable bonds is 3. The SMILES string of the molecule is O=C(Nc1cc(F)ccc1C(=O)O)c1cc(=O)[nH]c(=O)[nH]1. The molecule has 0 unspecified atom stereocenters. The molecule has 0 aliphatic carbocycles. The molecule has 8 nitrogen and oxygen atoms in total. The maximum absolute atomic E-state index is 13.1. The van der Waals surface area contributed by atoms with Crippen LogP contribution in [0.25, 0.3) is 0 Å². The summed E-state index contributed by atoms with van der Waals surface area (Å²) in [7, 11) is 0. The lowest BCUT2D eigenvalue weighted by molar-refractivity contribution is 0.0698. The quantitative estimate of drug-likeness (QED) is 0.639. The topological polar surface area (TPSA) is 132 Å². The Morgan fingerprint density at radius 2 is 1.86 bits per heavy atom. The van der Waals surface area contributed by atoms with E-state index in [-0.39, 0.29) is 16.9 Å². The van der Waals surface area contributed by atoms with Gasteiger partial charge in [-0.15, -0.1) is 0 Å². The first-order chi connectivity index (χ1) is 9.86. The van der Waals surface area contributed by atoms with Crippen LogP contribution in [0, 0.1) is 5.82 Å². The molecule has 9 heteroatoms. The minimum absolute atomic E-state index is 0.298. The van der Waals surface area contributed by atoms with E-state index < -0.39 is 28.9 Å². The van der Waals surface area contributed by atoms with Gasteiger partial charge >= 0.3 is 11.7 Å². The minimum Gasteiger partial charge on any atom is -0.478 e. The van der Waals surface area contributed by atoms with Crippen LogP contribution in [0.1, 0.15) is 20.8 Å². The van der Waals surface area contributed by atoms with Crippen LogP contribution in [-0.2, 0) is 0 Å². The molecule has 2 rings (SSSR count). The number of hydrogen-bond acceptors (Lipinski definition) is 4. The van der Waals surface area contributed by atoms with Crippen LogP contribution < -0.4 is 16.6 Å². The first-order valence-electron chi connectivity index (χ1n) is 5.54. The molecule has 4 N–H and O–H groups in total. The molecular formula is C12H8FN3O5. The molecule has 1 aromatic heterocycles. The van der Waals surface area contributed by atoms with Crippen molar-refractivity contribution in [2.45, 2.75) is 0 Å². The van der Waals surface area contributed by atoms with Gasteiger partial charge in [-0.05, 0) is 18.2 Å². The van der Waals surface area contributed by atoms with Crippen molar-refractivity contribution in [3.8, 4) is 0 Å². The van der Waals surface area contributed by atoms with Crippen molar-refractivity contribution in [1.29, 1.82) is 0 Å². The number of carboxylic acids is 1. The maximum Gasteiger partial charge on any atom is 0.337 e. The lowest BCUT2D eigenvalue weighted by Crippen LogP contribution is -2.27. The second-order valence-corrected chi connectivity index (χ2v) is 3.95. The Bertz CT molecular complexity index is 811. The van der Waals surface area contributed by atoms with E-state index >= 15 is 0 Å². The summed E-state index contributed by atoms with van der Waals surface area (Å²) in [6, 6.07) is 3.53. The highest BCUT2D eigenvalue weighted by atomic mass is 19.1. The van der Waals surface area contributed by atoms with Gasteiger partial charge in [-0.1, -0.05) is 0 Å². The maximum atomic E-state index is 13.1. The number of anilines is 1. The minimum atomic E-state index is -1.37. The number of aromatic nitrogens is 2. The van der Waals surface area contributed by atoms with Crippen LogP contribution in [0.5, 0.6) is 0 Å². The van der Waals surface area contributed by atoms with Crippen LogP contribution in [-0.4, -0.2) is 27.0 Å². The van der Waals surface area contributed by atoms with Crippen LogP contribution in [0.15, 0.2) is 33.9 Å². The Morgan fingerprint density at radius 3 is 2.48 bits per heavy atom. The van der Waals surface area contributed by atoms with Gasteiger partial charge in [-0.3, -0.25) is 14.6 Å². The number of aromatic carboxylic acids is 1. The molecule has 0 saturated heterocycles. The molecule has 1 aromatic carbocycles. The smallest absolute Gasteiger partial charge is 0.337 e. The molecule has 1 heterocycles. The predicted octanol–water partition coefficient (Wildman–Crippen LogP) is 0.153. The predicted molar refractivity (Wildman–Crippen MR) is 69.0 cm³/mol. The fourth-order valence-electron chi connectivity index (χ4n) is 1.59. The van der Waals surface area contributed by atoms with Gasteiger partial charge in [-0.25, -0.2) is 14.0 Å². The molecule has 0 aliphatic rings. The van der Waals surface area contributed by atoms with E-state index in [4.69, 9.17) is 5.11 Å². The van der Waals surface area contributed by atoms with Gasteiger partial charge in [0.15, 0.2) is 0 Å². The molecule has 0 saturated carbocycles. The van der Waals surface area contributed by atoms with Crippen molar-refractivity contribution in [1.82, 2.24) is 9.97 Å². The standard InChI is InChI=1S/C12H8FN3O5/c13-5-1-2-6(11(19)20)7(3-5)14-10(18)8-4-9(17)16-12(21)15-8/h1-4H,(H,14,18)(H,19,20)(H2,15,16,17,21). The third-order valence-electron chi connectivity index (χ3n) is 2.47. The van der Waals surface area contributed by atoms with Gasteiger partial charge in [-0.2, -0.15) is 0 Å². The zero-order valence-electron chi connectivity index (χ0n) is 10.3. The highest BCUT2D eigenvalue weighted by Gasteiger charge is 2.15. The number of halogens is 1. The van der Waals surface area contributed by atoms with Gasteiger partial charge in [0.2, 0.25) is 0 Å². The number of aromatic amines is 2. The zero-order valence-corrected chi connectivity index (χ0v) is 10.3. The van der Waals surface area contributed by atoms with Crippen molar-refractivity contribution >= 4 is 17.6 Å². The third-order valence-corrected chi connectivity index (χ3v) is 2.47. The summed E-state index contributed by atoms with van der Waals surface area (Å²) in [5.41, 5.74) is -2.72. The highest BCUT2D eigenvalue weighted by molar-refractivity contribution is 6.06. The van der Waals surface area contributed by atoms with Crippen LogP contribution in [0.3, 0.4) is 0 Å². The Kier molecular flexibility index (Phi) is 3.65. The lowest BCUT2D eigenvalue weighted by atomic mass is 10.1. The van der Waals surface area contributed by atoms with Gasteiger partial charge in [0.1, 0.15) is 11.5 Å². The monoisotopic (exact) mass is 293 g/mol. The Morgan fingerprint density at radius 1 is 1.14 bits per heavy atom. The molecular weight excluding hydrogens is 285 g/mol. The molecule has 0 bridgehead atoms. The highest BCUT2D eigenvalue weighted by Crippen LogP contribution is 2.17. The van der Waals surface area contributed by atoms with Crippen molar-refractivity contribution < 1.29 is 19.1 Å². The number of nitrogens with one attached hydrogen (secondary N) is 3. The van der Waals surface area contributed by atoms with Gasteiger partial charge < -0.3 is 15.4 Å². The summed E-state index contributed by atoms with van der Waals surface area (Å²) >= 11 is 0. The molecule has 0 fully saturated rings. The van der Waals surface area contributed by atoms with E-state index in [9.17, 15) is 23.6 Å². The molecule has 21 heavy (non-hydrogen) atoms. The van der Waals surface area contributed by atoms with Crippen molar-refractivity contribution in [2.24, 2.45) is 0 Å². The summed E-state index contributed by atoms with van der Waals surface area (Å²) in [4.78, 5) is 48.9. The first kappa shape index (κ1) is 14.2. The van der Waals surface area contributed by atoms with Crippen molar-refractivity contribution in [3.05, 3.63) is 62.2 Å². The normalized spacial score (nSPS) is 10.1. The van der Waals surface area contributed by atoms with Crippen molar-refractivity contribution in [3.63, 3.8) is 0 Å². The first-order valence-corrected chi connectivity index (χ1v) is 5.54. The average Bonchev–Trinajstić information content (AvgIpc) is 2.37. The van der Waals surface area contributed by atoms with Crippen LogP contribution in [0.2, 0.25) is 0 Å². The number of carbonyl (C=O) groups is 2. The summed E-state index contributed by atoms with van der Waals surface area (Å²) in [5.74, 6) is -3.08. The molecule has 108 valence electrons. The van der Waals surface area contributed by atoms with Crippen molar-refractivity contribution in [2.75, 3.05) is 5.32 Å². The van der Waals surface area contributed by atoms with E-state index in [1.54, 1.807) is 0 Å². The average molecular weight is 293 g/mol. The third kappa shape index (κ3) is 3.21. The van der Waals surface area contributed by atoms with E-state index in [0.717, 1.165) is 24.3 Å². The fourth-order valence-corrected chi connectivity index (χ4v) is 1.59. The molecule has 1 amide bonds. The molecule has 0 spiro atoms. The lowest BCUT2D eigenvalue weighted by Gasteiger charge is -2.08. The molecule has 0 aliphatic heterocycles. The largest absolute Gasteiger partial charge is 0.478 e. The number of amides is 1. The Labute approximate surface area is 115 Å². The second-order valence-electron chi connectivity index (χ2n) is 3.95. The summed E-state index contributed by atoms with van der Waals surface area (Å²) in [6.07, 6.45) is 0. The Balaban J connectivity index is 2.40. The van der Waals surface area contributed by atoms with Gasteiger partial charge in [0, 0.05) is 6.07 Å². The molecule has 2 aromatic rings. The van der Waals surface area contributed by atoms with Gasteiger partial charge in [0.25, 0.3) is 11.5 Å². The molecule has 0 radical (unpaired) electrons. The van der Waals surface area contributed by atoms with Gasteiger partial charge in [0.05, 0.1) is 11.3 Å². The van der Waals surface area contributed by atoms with Crippen LogP contribution in [0.4, 0.5) is 10.1 Å². The number of benzene rings is 1. The van der Waals surface area contributed by atoms with E-state index in [2.05, 4.69) is 10.3 Å². The zero-order chi connectivity index (χ0) is 15.6. The van der Waals surface area contributed by atoms with E-state index in [1.807, 2.05) is 4.98 Å². The summed E-state index contributed by atoms with van der Waals surface area (Å²) in [6.45, 7) is 0. The summed E-state index contributed by atoms with van der Waals surface area (Å²) < 4.78 is 13.1. The molecule has 0 atom stereocenters. The van der Waals surface area contributed by atoms with E-state index in [0.29, 0.717) is 0 Å². The van der Waals surface area contributed by atoms with E-state index in [1.165, 1.54) is 0 Å².